The van der Waals surface area contributed by atoms with Crippen molar-refractivity contribution >= 4 is 15.9 Å². The largest absolute Gasteiger partial charge is 0.332 e. The molecule has 5 rings (SSSR count). The number of fused-ring (bicyclic) bond motifs is 1. The van der Waals surface area contributed by atoms with Crippen LogP contribution in [0.3, 0.4) is 0 Å². The molecule has 3 heterocycles. The molecular formula is C22H32N4O4S. The minimum Gasteiger partial charge on any atom is -0.332 e. The molecular weight excluding hydrogens is 416 g/mol. The molecule has 31 heavy (non-hydrogen) atoms. The number of carbonyl (C=O) groups excluding carboxylic acids is 1. The number of hydrogen-bond donors (Lipinski definition) is 1. The number of rotatable bonds is 4. The highest BCUT2D eigenvalue weighted by Crippen LogP contribution is 2.66. The molecule has 2 atom stereocenters. The molecule has 9 heteroatoms. The van der Waals surface area contributed by atoms with Crippen LogP contribution in [-0.4, -0.2) is 51.8 Å². The van der Waals surface area contributed by atoms with E-state index in [0.717, 1.165) is 38.5 Å². The lowest BCUT2D eigenvalue weighted by molar-refractivity contribution is -0.138. The fourth-order valence-electron chi connectivity index (χ4n) is 5.67. The molecule has 8 nitrogen and oxygen atoms in total. The Hall–Kier alpha value is -1.74. The maximum Gasteiger partial charge on any atom is 0.254 e. The van der Waals surface area contributed by atoms with Gasteiger partial charge in [-0.3, -0.25) is 9.59 Å². The Morgan fingerprint density at radius 1 is 1.19 bits per heavy atom. The molecule has 3 fully saturated rings. The van der Waals surface area contributed by atoms with E-state index in [9.17, 15) is 18.0 Å². The van der Waals surface area contributed by atoms with Crippen LogP contribution >= 0.6 is 0 Å². The molecule has 0 radical (unpaired) electrons. The topological polar surface area (TPSA) is 103 Å². The fraction of sp³-hybridized carbons (Fsp3) is 0.773. The first-order valence-electron chi connectivity index (χ1n) is 11.6. The van der Waals surface area contributed by atoms with E-state index in [1.165, 1.54) is 10.7 Å². The van der Waals surface area contributed by atoms with E-state index in [0.29, 0.717) is 36.6 Å². The average molecular weight is 449 g/mol. The molecule has 1 amide bonds. The molecule has 1 N–H and O–H groups in total. The van der Waals surface area contributed by atoms with Gasteiger partial charge in [0.05, 0.1) is 23.5 Å². The van der Waals surface area contributed by atoms with Crippen LogP contribution in [-0.2, 0) is 27.8 Å². The third-order valence-electron chi connectivity index (χ3n) is 7.95. The number of nitrogens with zero attached hydrogens (tertiary/aromatic N) is 3. The van der Waals surface area contributed by atoms with Crippen LogP contribution in [0, 0.1) is 11.3 Å². The van der Waals surface area contributed by atoms with Gasteiger partial charge in [0.15, 0.2) is 0 Å². The number of sulfonamides is 1. The fourth-order valence-corrected chi connectivity index (χ4v) is 6.91. The minimum absolute atomic E-state index is 0.124. The number of aromatic amines is 1. The minimum atomic E-state index is -3.41. The number of amides is 1. The predicted molar refractivity (Wildman–Crippen MR) is 116 cm³/mol. The van der Waals surface area contributed by atoms with Gasteiger partial charge in [-0.05, 0) is 64.2 Å². The quantitative estimate of drug-likeness (QED) is 0.760. The van der Waals surface area contributed by atoms with Crippen LogP contribution in [0.5, 0.6) is 0 Å². The first-order valence-corrected chi connectivity index (χ1v) is 13.1. The highest BCUT2D eigenvalue weighted by Gasteiger charge is 2.62. The molecule has 4 aliphatic rings. The number of aromatic nitrogens is 2. The van der Waals surface area contributed by atoms with Gasteiger partial charge in [0.1, 0.15) is 5.82 Å². The van der Waals surface area contributed by atoms with E-state index in [2.05, 4.69) is 4.98 Å². The summed E-state index contributed by atoms with van der Waals surface area (Å²) in [6.45, 7) is 4.46. The smallest absolute Gasteiger partial charge is 0.254 e. The molecule has 0 aromatic carbocycles. The van der Waals surface area contributed by atoms with Crippen molar-refractivity contribution in [3.63, 3.8) is 0 Å². The first-order chi connectivity index (χ1) is 14.7. The van der Waals surface area contributed by atoms with E-state index in [4.69, 9.17) is 4.98 Å². The molecule has 170 valence electrons. The third-order valence-corrected chi connectivity index (χ3v) is 10.2. The molecule has 1 aromatic heterocycles. The number of nitrogens with one attached hydrogen (secondary N) is 1. The SMILES string of the molecule is CC(C)S(=O)(=O)N1CCc2c(nc([C@@H]3CCCCN3C(=O)[C@H]3CC34CCC4)[nH]c2=O)C1. The lowest BCUT2D eigenvalue weighted by Crippen LogP contribution is -2.44. The number of likely N-dealkylation sites (tertiary alicyclic amines) is 1. The summed E-state index contributed by atoms with van der Waals surface area (Å²) in [4.78, 5) is 35.8. The molecule has 0 bridgehead atoms. The van der Waals surface area contributed by atoms with E-state index in [1.807, 2.05) is 4.90 Å². The predicted octanol–water partition coefficient (Wildman–Crippen LogP) is 2.11. The van der Waals surface area contributed by atoms with Gasteiger partial charge in [0.25, 0.3) is 5.56 Å². The molecule has 1 spiro atoms. The summed E-state index contributed by atoms with van der Waals surface area (Å²) < 4.78 is 26.7. The highest BCUT2D eigenvalue weighted by atomic mass is 32.2. The van der Waals surface area contributed by atoms with Crippen molar-refractivity contribution in [1.82, 2.24) is 19.2 Å². The van der Waals surface area contributed by atoms with Crippen molar-refractivity contribution in [3.05, 3.63) is 27.4 Å². The van der Waals surface area contributed by atoms with Gasteiger partial charge in [0.2, 0.25) is 15.9 Å². The maximum absolute atomic E-state index is 13.3. The van der Waals surface area contributed by atoms with Crippen molar-refractivity contribution in [3.8, 4) is 0 Å². The zero-order valence-corrected chi connectivity index (χ0v) is 19.2. The Morgan fingerprint density at radius 3 is 2.61 bits per heavy atom. The standard InChI is InChI=1S/C22H32N4O4S/c1-14(2)31(29,30)25-11-7-15-17(13-25)23-19(24-20(15)27)18-6-3-4-10-26(18)21(28)16-12-22(16)8-5-9-22/h14,16,18H,3-13H2,1-2H3,(H,23,24,27)/t16-,18+/m1/s1. The van der Waals surface area contributed by atoms with Crippen LogP contribution in [0.2, 0.25) is 0 Å². The van der Waals surface area contributed by atoms with Crippen molar-refractivity contribution in [2.45, 2.75) is 83.1 Å². The second-order valence-corrected chi connectivity index (χ2v) is 12.6. The number of hydrogen-bond acceptors (Lipinski definition) is 5. The lowest BCUT2D eigenvalue weighted by Gasteiger charge is -2.37. The van der Waals surface area contributed by atoms with Crippen LogP contribution in [0.1, 0.15) is 81.9 Å². The van der Waals surface area contributed by atoms with Gasteiger partial charge in [-0.15, -0.1) is 0 Å². The first kappa shape index (κ1) is 21.1. The third kappa shape index (κ3) is 3.44. The Labute approximate surface area is 183 Å². The zero-order chi connectivity index (χ0) is 22.0. The van der Waals surface area contributed by atoms with Crippen molar-refractivity contribution in [1.29, 1.82) is 0 Å². The molecule has 1 aromatic rings. The second-order valence-electron chi connectivity index (χ2n) is 10.1. The summed E-state index contributed by atoms with van der Waals surface area (Å²) >= 11 is 0. The van der Waals surface area contributed by atoms with Crippen LogP contribution in [0.25, 0.3) is 0 Å². The summed E-state index contributed by atoms with van der Waals surface area (Å²) in [7, 11) is -3.41. The monoisotopic (exact) mass is 448 g/mol. The highest BCUT2D eigenvalue weighted by molar-refractivity contribution is 7.89. The Balaban J connectivity index is 1.43. The summed E-state index contributed by atoms with van der Waals surface area (Å²) in [5.41, 5.74) is 1.18. The van der Waals surface area contributed by atoms with Crippen LogP contribution in [0.15, 0.2) is 4.79 Å². The number of piperidine rings is 1. The Morgan fingerprint density at radius 2 is 1.97 bits per heavy atom. The lowest BCUT2D eigenvalue weighted by atomic mass is 9.79. The van der Waals surface area contributed by atoms with E-state index >= 15 is 0 Å². The number of H-pyrrole nitrogens is 1. The van der Waals surface area contributed by atoms with E-state index < -0.39 is 15.3 Å². The van der Waals surface area contributed by atoms with Crippen molar-refractivity contribution in [2.75, 3.05) is 13.1 Å². The molecule has 2 saturated carbocycles. The van der Waals surface area contributed by atoms with E-state index in [-0.39, 0.29) is 35.4 Å². The summed E-state index contributed by atoms with van der Waals surface area (Å²) in [6.07, 6.45) is 7.65. The molecule has 2 aliphatic carbocycles. The van der Waals surface area contributed by atoms with Crippen molar-refractivity contribution in [2.24, 2.45) is 11.3 Å². The summed E-state index contributed by atoms with van der Waals surface area (Å²) in [6, 6.07) is -0.228. The van der Waals surface area contributed by atoms with Crippen molar-refractivity contribution < 1.29 is 13.2 Å². The average Bonchev–Trinajstić information content (AvgIpc) is 3.49. The van der Waals surface area contributed by atoms with Crippen LogP contribution in [0.4, 0.5) is 0 Å². The zero-order valence-electron chi connectivity index (χ0n) is 18.4. The van der Waals surface area contributed by atoms with Gasteiger partial charge < -0.3 is 9.88 Å². The van der Waals surface area contributed by atoms with Gasteiger partial charge in [0, 0.05) is 24.6 Å². The summed E-state index contributed by atoms with van der Waals surface area (Å²) in [5.74, 6) is 0.871. The van der Waals surface area contributed by atoms with Gasteiger partial charge in [-0.2, -0.15) is 4.31 Å². The molecule has 2 aliphatic heterocycles. The maximum atomic E-state index is 13.3. The van der Waals surface area contributed by atoms with E-state index in [1.54, 1.807) is 13.8 Å². The Bertz CT molecular complexity index is 1060. The van der Waals surface area contributed by atoms with Gasteiger partial charge in [-0.25, -0.2) is 13.4 Å². The molecule has 1 saturated heterocycles. The molecule has 0 unspecified atom stereocenters. The summed E-state index contributed by atoms with van der Waals surface area (Å²) in [5, 5.41) is -0.514. The van der Waals surface area contributed by atoms with Gasteiger partial charge in [-0.1, -0.05) is 6.42 Å². The Kier molecular flexibility index (Phi) is 5.04. The normalized spacial score (nSPS) is 27.8. The second kappa shape index (κ2) is 7.40. The van der Waals surface area contributed by atoms with Crippen LogP contribution < -0.4 is 5.56 Å². The van der Waals surface area contributed by atoms with Gasteiger partial charge >= 0.3 is 0 Å². The number of carbonyl (C=O) groups is 1.